The van der Waals surface area contributed by atoms with Crippen molar-refractivity contribution in [2.45, 2.75) is 13.1 Å². The number of benzene rings is 1. The Morgan fingerprint density at radius 2 is 1.85 bits per heavy atom. The standard InChI is InChI=1S/C17H13F3N4O2S/c1-10-13(27-16(23-10)14-21-7-2-8-22-14)15(25)24-11-3-5-12(6-4-11)26-9-17(18,19)20/h2-8H,9H2,1H3,(H,24,25). The van der Waals surface area contributed by atoms with Crippen LogP contribution >= 0.6 is 11.3 Å². The molecule has 0 atom stereocenters. The molecule has 0 aliphatic rings. The molecule has 0 saturated heterocycles. The van der Waals surface area contributed by atoms with Gasteiger partial charge in [-0.2, -0.15) is 13.2 Å². The van der Waals surface area contributed by atoms with E-state index >= 15 is 0 Å². The Morgan fingerprint density at radius 1 is 1.19 bits per heavy atom. The van der Waals surface area contributed by atoms with Crippen molar-refractivity contribution in [3.8, 4) is 16.6 Å². The Morgan fingerprint density at radius 3 is 2.48 bits per heavy atom. The van der Waals surface area contributed by atoms with E-state index in [1.165, 1.54) is 24.3 Å². The largest absolute Gasteiger partial charge is 0.484 e. The lowest BCUT2D eigenvalue weighted by atomic mass is 10.3. The maximum Gasteiger partial charge on any atom is 0.422 e. The first-order valence-corrected chi connectivity index (χ1v) is 8.49. The highest BCUT2D eigenvalue weighted by Gasteiger charge is 2.28. The maximum absolute atomic E-state index is 12.5. The van der Waals surface area contributed by atoms with E-state index in [0.29, 0.717) is 27.1 Å². The third-order valence-electron chi connectivity index (χ3n) is 3.27. The molecule has 3 rings (SSSR count). The fourth-order valence-corrected chi connectivity index (χ4v) is 3.01. The number of thiazole rings is 1. The number of nitrogens with one attached hydrogen (secondary N) is 1. The van der Waals surface area contributed by atoms with Crippen LogP contribution in [0.4, 0.5) is 18.9 Å². The van der Waals surface area contributed by atoms with E-state index in [4.69, 9.17) is 0 Å². The van der Waals surface area contributed by atoms with Crippen LogP contribution < -0.4 is 10.1 Å². The summed E-state index contributed by atoms with van der Waals surface area (Å²) in [6.07, 6.45) is -1.24. The number of carbonyl (C=O) groups is 1. The quantitative estimate of drug-likeness (QED) is 0.705. The number of ether oxygens (including phenoxy) is 1. The van der Waals surface area contributed by atoms with Crippen molar-refractivity contribution in [2.75, 3.05) is 11.9 Å². The lowest BCUT2D eigenvalue weighted by Crippen LogP contribution is -2.19. The molecular weight excluding hydrogens is 381 g/mol. The van der Waals surface area contributed by atoms with Crippen molar-refractivity contribution >= 4 is 22.9 Å². The van der Waals surface area contributed by atoms with Crippen LogP contribution in [-0.4, -0.2) is 33.6 Å². The van der Waals surface area contributed by atoms with Crippen LogP contribution in [0.15, 0.2) is 42.7 Å². The van der Waals surface area contributed by atoms with Crippen LogP contribution in [0.2, 0.25) is 0 Å². The summed E-state index contributed by atoms with van der Waals surface area (Å²) in [6, 6.07) is 7.30. The number of aryl methyl sites for hydroxylation is 1. The number of carbonyl (C=O) groups excluding carboxylic acids is 1. The minimum Gasteiger partial charge on any atom is -0.484 e. The average molecular weight is 394 g/mol. The molecule has 0 saturated carbocycles. The number of hydrogen-bond acceptors (Lipinski definition) is 6. The minimum atomic E-state index is -4.41. The number of nitrogens with zero attached hydrogens (tertiary/aromatic N) is 3. The van der Waals surface area contributed by atoms with E-state index in [0.717, 1.165) is 11.3 Å². The van der Waals surface area contributed by atoms with E-state index in [1.807, 2.05) is 0 Å². The van der Waals surface area contributed by atoms with Crippen molar-refractivity contribution in [3.63, 3.8) is 0 Å². The Bertz CT molecular complexity index is 928. The second-order valence-electron chi connectivity index (χ2n) is 5.39. The Kier molecular flexibility index (Phi) is 5.36. The number of halogens is 3. The summed E-state index contributed by atoms with van der Waals surface area (Å²) < 4.78 is 41.1. The van der Waals surface area contributed by atoms with Gasteiger partial charge in [-0.3, -0.25) is 4.79 Å². The molecule has 10 heteroatoms. The lowest BCUT2D eigenvalue weighted by Gasteiger charge is -2.10. The minimum absolute atomic E-state index is 0.0582. The third kappa shape index (κ3) is 5.00. The van der Waals surface area contributed by atoms with E-state index in [2.05, 4.69) is 25.0 Å². The van der Waals surface area contributed by atoms with Crippen molar-refractivity contribution in [1.29, 1.82) is 0 Å². The van der Waals surface area contributed by atoms with Gasteiger partial charge in [0.1, 0.15) is 10.6 Å². The van der Waals surface area contributed by atoms with Gasteiger partial charge in [-0.25, -0.2) is 15.0 Å². The summed E-state index contributed by atoms with van der Waals surface area (Å²) in [6.45, 7) is 0.328. The predicted octanol–water partition coefficient (Wildman–Crippen LogP) is 4.10. The van der Waals surface area contributed by atoms with Gasteiger partial charge in [0.15, 0.2) is 17.4 Å². The number of anilines is 1. The number of rotatable bonds is 5. The zero-order chi connectivity index (χ0) is 19.4. The second-order valence-corrected chi connectivity index (χ2v) is 6.39. The van der Waals surface area contributed by atoms with Gasteiger partial charge in [-0.15, -0.1) is 11.3 Å². The van der Waals surface area contributed by atoms with Crippen molar-refractivity contribution < 1.29 is 22.7 Å². The summed E-state index contributed by atoms with van der Waals surface area (Å²) >= 11 is 1.16. The van der Waals surface area contributed by atoms with E-state index in [9.17, 15) is 18.0 Å². The molecule has 0 spiro atoms. The first-order valence-electron chi connectivity index (χ1n) is 7.67. The van der Waals surface area contributed by atoms with Crippen LogP contribution in [0, 0.1) is 6.92 Å². The monoisotopic (exact) mass is 394 g/mol. The van der Waals surface area contributed by atoms with Crippen LogP contribution in [0.5, 0.6) is 5.75 Å². The Hall–Kier alpha value is -3.01. The third-order valence-corrected chi connectivity index (χ3v) is 4.43. The highest BCUT2D eigenvalue weighted by atomic mass is 32.1. The van der Waals surface area contributed by atoms with Gasteiger partial charge in [-0.1, -0.05) is 0 Å². The summed E-state index contributed by atoms with van der Waals surface area (Å²) in [7, 11) is 0. The molecule has 0 aliphatic heterocycles. The topological polar surface area (TPSA) is 77.0 Å². The molecule has 3 aromatic rings. The van der Waals surface area contributed by atoms with Gasteiger partial charge in [0.05, 0.1) is 5.69 Å². The van der Waals surface area contributed by atoms with E-state index in [-0.39, 0.29) is 11.7 Å². The molecule has 2 aromatic heterocycles. The molecule has 0 fully saturated rings. The zero-order valence-corrected chi connectivity index (χ0v) is 14.8. The zero-order valence-electron chi connectivity index (χ0n) is 13.9. The van der Waals surface area contributed by atoms with E-state index in [1.54, 1.807) is 25.4 Å². The maximum atomic E-state index is 12.5. The highest BCUT2D eigenvalue weighted by Crippen LogP contribution is 2.26. The van der Waals surface area contributed by atoms with Gasteiger partial charge < -0.3 is 10.1 Å². The summed E-state index contributed by atoms with van der Waals surface area (Å²) in [5.41, 5.74) is 0.953. The molecule has 27 heavy (non-hydrogen) atoms. The van der Waals surface area contributed by atoms with Gasteiger partial charge in [0, 0.05) is 18.1 Å². The molecular formula is C17H13F3N4O2S. The molecule has 140 valence electrons. The Balaban J connectivity index is 1.68. The molecule has 0 aliphatic carbocycles. The fourth-order valence-electron chi connectivity index (χ4n) is 2.10. The molecule has 0 unspecified atom stereocenters. The molecule has 1 aromatic carbocycles. The number of alkyl halides is 3. The second kappa shape index (κ2) is 7.70. The number of hydrogen-bond donors (Lipinski definition) is 1. The van der Waals surface area contributed by atoms with Gasteiger partial charge >= 0.3 is 6.18 Å². The van der Waals surface area contributed by atoms with Crippen LogP contribution in [0.1, 0.15) is 15.4 Å². The summed E-state index contributed by atoms with van der Waals surface area (Å²) in [4.78, 5) is 25.4. The predicted molar refractivity (Wildman–Crippen MR) is 93.8 cm³/mol. The highest BCUT2D eigenvalue weighted by molar-refractivity contribution is 7.17. The summed E-state index contributed by atoms with van der Waals surface area (Å²) in [5, 5.41) is 3.20. The van der Waals surface area contributed by atoms with Gasteiger partial charge in [0.2, 0.25) is 0 Å². The first-order chi connectivity index (χ1) is 12.8. The van der Waals surface area contributed by atoms with Crippen LogP contribution in [-0.2, 0) is 0 Å². The molecule has 0 bridgehead atoms. The SMILES string of the molecule is Cc1nc(-c2ncccn2)sc1C(=O)Nc1ccc(OCC(F)(F)F)cc1. The van der Waals surface area contributed by atoms with Gasteiger partial charge in [-0.05, 0) is 37.3 Å². The van der Waals surface area contributed by atoms with Crippen molar-refractivity contribution in [3.05, 3.63) is 53.3 Å². The number of amides is 1. The average Bonchev–Trinajstić information content (AvgIpc) is 3.03. The van der Waals surface area contributed by atoms with E-state index < -0.39 is 12.8 Å². The normalized spacial score (nSPS) is 11.3. The smallest absolute Gasteiger partial charge is 0.422 e. The number of aromatic nitrogens is 3. The van der Waals surface area contributed by atoms with Crippen molar-refractivity contribution in [2.24, 2.45) is 0 Å². The first kappa shape index (κ1) is 18.8. The molecule has 2 heterocycles. The molecule has 1 amide bonds. The lowest BCUT2D eigenvalue weighted by molar-refractivity contribution is -0.153. The molecule has 0 radical (unpaired) electrons. The molecule has 6 nitrogen and oxygen atoms in total. The van der Waals surface area contributed by atoms with Crippen LogP contribution in [0.25, 0.3) is 10.8 Å². The Labute approximate surface area is 156 Å². The molecule has 1 N–H and O–H groups in total. The van der Waals surface area contributed by atoms with Crippen LogP contribution in [0.3, 0.4) is 0 Å². The fraction of sp³-hybridized carbons (Fsp3) is 0.176. The van der Waals surface area contributed by atoms with Crippen molar-refractivity contribution in [1.82, 2.24) is 15.0 Å². The van der Waals surface area contributed by atoms with Gasteiger partial charge in [0.25, 0.3) is 5.91 Å². The summed E-state index contributed by atoms with van der Waals surface area (Å²) in [5.74, 6) is 0.106.